The van der Waals surface area contributed by atoms with Gasteiger partial charge in [-0.25, -0.2) is 9.48 Å². The molecule has 0 atom stereocenters. The zero-order valence-corrected chi connectivity index (χ0v) is 15.2. The van der Waals surface area contributed by atoms with Crippen molar-refractivity contribution < 1.29 is 9.90 Å². The summed E-state index contributed by atoms with van der Waals surface area (Å²) in [6.45, 7) is 8.00. The molecule has 1 saturated carbocycles. The van der Waals surface area contributed by atoms with Gasteiger partial charge in [0, 0.05) is 17.5 Å². The Morgan fingerprint density at radius 2 is 1.84 bits per heavy atom. The molecule has 5 heteroatoms. The number of fused-ring (bicyclic) bond motifs is 1. The van der Waals surface area contributed by atoms with Crippen molar-refractivity contribution in [1.82, 2.24) is 14.8 Å². The van der Waals surface area contributed by atoms with Crippen molar-refractivity contribution in [3.05, 3.63) is 54.0 Å². The maximum Gasteiger partial charge on any atom is 0.339 e. The van der Waals surface area contributed by atoms with Gasteiger partial charge >= 0.3 is 5.97 Å². The summed E-state index contributed by atoms with van der Waals surface area (Å²) in [4.78, 5) is 15.7. The normalized spacial score (nSPS) is 12.6. The Kier molecular flexibility index (Phi) is 6.28. The lowest BCUT2D eigenvalue weighted by molar-refractivity contribution is 0.0695. The number of rotatable bonds is 3. The van der Waals surface area contributed by atoms with Crippen LogP contribution >= 0.6 is 0 Å². The summed E-state index contributed by atoms with van der Waals surface area (Å²) in [7, 11) is 0. The van der Waals surface area contributed by atoms with Crippen LogP contribution in [0.15, 0.2) is 42.7 Å². The van der Waals surface area contributed by atoms with Crippen LogP contribution in [-0.2, 0) is 0 Å². The van der Waals surface area contributed by atoms with Crippen molar-refractivity contribution in [2.24, 2.45) is 0 Å². The summed E-state index contributed by atoms with van der Waals surface area (Å²) in [5.74, 6) is -0.618. The molecule has 25 heavy (non-hydrogen) atoms. The van der Waals surface area contributed by atoms with Crippen LogP contribution in [0.25, 0.3) is 16.6 Å². The minimum absolute atomic E-state index is 0.297. The molecule has 5 nitrogen and oxygen atoms in total. The SMILES string of the molecule is CC.CC.O=C(O)c1cnn(-c2cccc3ncccc23)c1C1CC1. The Hall–Kier alpha value is -2.69. The Morgan fingerprint density at radius 1 is 1.12 bits per heavy atom. The topological polar surface area (TPSA) is 68.0 Å². The predicted octanol–water partition coefficient (Wildman–Crippen LogP) is 5.05. The molecule has 1 aliphatic rings. The van der Waals surface area contributed by atoms with E-state index in [0.29, 0.717) is 11.5 Å². The van der Waals surface area contributed by atoms with Gasteiger partial charge in [0.2, 0.25) is 0 Å². The number of carbonyl (C=O) groups is 1. The smallest absolute Gasteiger partial charge is 0.339 e. The molecule has 2 heterocycles. The summed E-state index contributed by atoms with van der Waals surface area (Å²) >= 11 is 0. The highest BCUT2D eigenvalue weighted by Gasteiger charge is 2.33. The standard InChI is InChI=1S/C16H13N3O2.2C2H6/c20-16(21)12-9-18-19(15(12)10-6-7-10)14-5-1-4-13-11(14)3-2-8-17-13;2*1-2/h1-5,8-10H,6-7H2,(H,20,21);2*1-2H3. The van der Waals surface area contributed by atoms with Gasteiger partial charge in [0.1, 0.15) is 5.56 Å². The summed E-state index contributed by atoms with van der Waals surface area (Å²) in [6, 6.07) is 9.68. The van der Waals surface area contributed by atoms with E-state index in [2.05, 4.69) is 10.1 Å². The van der Waals surface area contributed by atoms with Crippen molar-refractivity contribution in [3.63, 3.8) is 0 Å². The van der Waals surface area contributed by atoms with Gasteiger partial charge < -0.3 is 5.11 Å². The molecule has 0 radical (unpaired) electrons. The molecule has 0 spiro atoms. The molecule has 1 aliphatic carbocycles. The quantitative estimate of drug-likeness (QED) is 0.725. The van der Waals surface area contributed by atoms with Gasteiger partial charge in [0.25, 0.3) is 0 Å². The lowest BCUT2D eigenvalue weighted by Crippen LogP contribution is -2.06. The van der Waals surface area contributed by atoms with E-state index in [9.17, 15) is 9.90 Å². The van der Waals surface area contributed by atoms with Crippen LogP contribution in [0, 0.1) is 0 Å². The van der Waals surface area contributed by atoms with Crippen molar-refractivity contribution in [2.75, 3.05) is 0 Å². The van der Waals surface area contributed by atoms with Crippen LogP contribution in [0.2, 0.25) is 0 Å². The fraction of sp³-hybridized carbons (Fsp3) is 0.350. The monoisotopic (exact) mass is 339 g/mol. The number of hydrogen-bond donors (Lipinski definition) is 1. The minimum Gasteiger partial charge on any atom is -0.478 e. The highest BCUT2D eigenvalue weighted by molar-refractivity contribution is 5.91. The van der Waals surface area contributed by atoms with E-state index in [1.54, 1.807) is 10.9 Å². The van der Waals surface area contributed by atoms with Crippen molar-refractivity contribution in [3.8, 4) is 5.69 Å². The van der Waals surface area contributed by atoms with Gasteiger partial charge in [-0.05, 0) is 37.1 Å². The Bertz CT molecular complexity index is 846. The summed E-state index contributed by atoms with van der Waals surface area (Å²) in [6.07, 6.45) is 5.24. The minimum atomic E-state index is -0.915. The first-order chi connectivity index (χ1) is 12.3. The van der Waals surface area contributed by atoms with Gasteiger partial charge in [0.15, 0.2) is 0 Å². The third-order valence-corrected chi connectivity index (χ3v) is 3.85. The Balaban J connectivity index is 0.000000528. The highest BCUT2D eigenvalue weighted by atomic mass is 16.4. The average molecular weight is 339 g/mol. The van der Waals surface area contributed by atoms with Crippen LogP contribution in [-0.4, -0.2) is 25.8 Å². The number of aromatic nitrogens is 3. The van der Waals surface area contributed by atoms with Gasteiger partial charge in [-0.1, -0.05) is 33.8 Å². The number of benzene rings is 1. The molecule has 0 aliphatic heterocycles. The molecule has 3 aromatic rings. The predicted molar refractivity (Wildman–Crippen MR) is 100 cm³/mol. The number of nitrogens with zero attached hydrogens (tertiary/aromatic N) is 3. The van der Waals surface area contributed by atoms with Crippen molar-refractivity contribution in [2.45, 2.75) is 46.5 Å². The van der Waals surface area contributed by atoms with Gasteiger partial charge in [-0.2, -0.15) is 5.10 Å². The maximum absolute atomic E-state index is 11.4. The zero-order chi connectivity index (χ0) is 18.4. The molecular formula is C20H25N3O2. The van der Waals surface area contributed by atoms with E-state index in [1.165, 1.54) is 6.20 Å². The van der Waals surface area contributed by atoms with E-state index >= 15 is 0 Å². The molecule has 0 unspecified atom stereocenters. The molecule has 2 aromatic heterocycles. The van der Waals surface area contributed by atoms with E-state index in [-0.39, 0.29) is 0 Å². The van der Waals surface area contributed by atoms with Crippen molar-refractivity contribution >= 4 is 16.9 Å². The van der Waals surface area contributed by atoms with Crippen molar-refractivity contribution in [1.29, 1.82) is 0 Å². The Labute approximate surface area is 148 Å². The number of hydrogen-bond acceptors (Lipinski definition) is 3. The summed E-state index contributed by atoms with van der Waals surface area (Å²) in [5, 5.41) is 14.7. The summed E-state index contributed by atoms with van der Waals surface area (Å²) < 4.78 is 1.77. The lowest BCUT2D eigenvalue weighted by atomic mass is 10.1. The lowest BCUT2D eigenvalue weighted by Gasteiger charge is -2.10. The number of aromatic carboxylic acids is 1. The summed E-state index contributed by atoms with van der Waals surface area (Å²) in [5.41, 5.74) is 2.87. The number of carboxylic acid groups (broad SMARTS) is 1. The largest absolute Gasteiger partial charge is 0.478 e. The zero-order valence-electron chi connectivity index (χ0n) is 15.2. The molecule has 0 bridgehead atoms. The second kappa shape index (κ2) is 8.42. The van der Waals surface area contributed by atoms with Gasteiger partial charge in [-0.15, -0.1) is 0 Å². The molecular weight excluding hydrogens is 314 g/mol. The molecule has 1 aromatic carbocycles. The first-order valence-corrected chi connectivity index (χ1v) is 8.91. The maximum atomic E-state index is 11.4. The van der Waals surface area contributed by atoms with E-state index in [4.69, 9.17) is 0 Å². The van der Waals surface area contributed by atoms with Crippen LogP contribution in [0.4, 0.5) is 0 Å². The fourth-order valence-corrected chi connectivity index (χ4v) is 2.74. The third-order valence-electron chi connectivity index (χ3n) is 3.85. The van der Waals surface area contributed by atoms with Crippen LogP contribution in [0.5, 0.6) is 0 Å². The van der Waals surface area contributed by atoms with Crippen LogP contribution < -0.4 is 0 Å². The molecule has 0 saturated heterocycles. The van der Waals surface area contributed by atoms with Crippen LogP contribution in [0.3, 0.4) is 0 Å². The van der Waals surface area contributed by atoms with E-state index in [0.717, 1.165) is 35.1 Å². The highest BCUT2D eigenvalue weighted by Crippen LogP contribution is 2.42. The number of pyridine rings is 1. The molecule has 4 rings (SSSR count). The number of carboxylic acids is 1. The van der Waals surface area contributed by atoms with E-state index < -0.39 is 5.97 Å². The Morgan fingerprint density at radius 3 is 2.48 bits per heavy atom. The molecule has 132 valence electrons. The molecule has 0 amide bonds. The molecule has 1 N–H and O–H groups in total. The first kappa shape index (κ1) is 18.6. The van der Waals surface area contributed by atoms with Gasteiger partial charge in [0.05, 0.1) is 23.1 Å². The van der Waals surface area contributed by atoms with Gasteiger partial charge in [-0.3, -0.25) is 4.98 Å². The third kappa shape index (κ3) is 3.71. The second-order valence-corrected chi connectivity index (χ2v) is 5.28. The molecule has 1 fully saturated rings. The second-order valence-electron chi connectivity index (χ2n) is 5.28. The fourth-order valence-electron chi connectivity index (χ4n) is 2.74. The van der Waals surface area contributed by atoms with Crippen LogP contribution in [0.1, 0.15) is 62.5 Å². The van der Waals surface area contributed by atoms with E-state index in [1.807, 2.05) is 58.0 Å². The average Bonchev–Trinajstić information content (AvgIpc) is 3.42. The first-order valence-electron chi connectivity index (χ1n) is 8.91.